The molecule has 0 atom stereocenters. The first-order valence-electron chi connectivity index (χ1n) is 6.34. The summed E-state index contributed by atoms with van der Waals surface area (Å²) < 4.78 is 25.8. The van der Waals surface area contributed by atoms with Crippen molar-refractivity contribution >= 4 is 11.5 Å². The van der Waals surface area contributed by atoms with Gasteiger partial charge in [0.1, 0.15) is 5.78 Å². The van der Waals surface area contributed by atoms with Crippen LogP contribution in [0.3, 0.4) is 0 Å². The van der Waals surface area contributed by atoms with Gasteiger partial charge in [-0.3, -0.25) is 4.79 Å². The van der Waals surface area contributed by atoms with Gasteiger partial charge in [-0.15, -0.1) is 0 Å². The molecule has 0 aromatic heterocycles. The molecule has 0 radical (unpaired) electrons. The van der Waals surface area contributed by atoms with E-state index < -0.39 is 11.6 Å². The van der Waals surface area contributed by atoms with Crippen molar-refractivity contribution < 1.29 is 13.6 Å². The fraction of sp³-hybridized carbons (Fsp3) is 0.188. The number of halogens is 2. The average molecular weight is 275 g/mol. The minimum Gasteiger partial charge on any atom is -0.399 e. The molecule has 0 amide bonds. The maximum Gasteiger partial charge on any atom is 0.159 e. The van der Waals surface area contributed by atoms with Crippen LogP contribution in [0.4, 0.5) is 14.5 Å². The molecule has 4 heteroatoms. The monoisotopic (exact) mass is 275 g/mol. The number of anilines is 1. The van der Waals surface area contributed by atoms with E-state index in [1.165, 1.54) is 6.07 Å². The topological polar surface area (TPSA) is 43.1 Å². The lowest BCUT2D eigenvalue weighted by atomic mass is 10.0. The molecular weight excluding hydrogens is 260 g/mol. The predicted octanol–water partition coefficient (Wildman–Crippen LogP) is 3.29. The van der Waals surface area contributed by atoms with Crippen LogP contribution in [-0.4, -0.2) is 5.78 Å². The van der Waals surface area contributed by atoms with Crippen LogP contribution in [0, 0.1) is 11.6 Å². The molecule has 0 saturated carbocycles. The van der Waals surface area contributed by atoms with E-state index in [1.54, 1.807) is 6.07 Å². The van der Waals surface area contributed by atoms with Crippen LogP contribution < -0.4 is 5.73 Å². The highest BCUT2D eigenvalue weighted by Crippen LogP contribution is 2.12. The maximum absolute atomic E-state index is 13.0. The summed E-state index contributed by atoms with van der Waals surface area (Å²) in [6.07, 6.45) is 1.05. The summed E-state index contributed by atoms with van der Waals surface area (Å²) in [6.45, 7) is 0. The molecule has 20 heavy (non-hydrogen) atoms. The van der Waals surface area contributed by atoms with Crippen LogP contribution in [0.2, 0.25) is 0 Å². The van der Waals surface area contributed by atoms with E-state index in [0.717, 1.165) is 17.7 Å². The van der Waals surface area contributed by atoms with Crippen LogP contribution in [0.1, 0.15) is 17.5 Å². The van der Waals surface area contributed by atoms with E-state index >= 15 is 0 Å². The van der Waals surface area contributed by atoms with Crippen molar-refractivity contribution in [2.75, 3.05) is 5.73 Å². The van der Waals surface area contributed by atoms with Gasteiger partial charge in [-0.1, -0.05) is 18.2 Å². The summed E-state index contributed by atoms with van der Waals surface area (Å²) in [7, 11) is 0. The van der Waals surface area contributed by atoms with Gasteiger partial charge in [-0.25, -0.2) is 8.78 Å². The number of Topliss-reactive ketones (excluding diaryl/α,β-unsaturated/α-hetero) is 1. The number of carbonyl (C=O) groups is 1. The van der Waals surface area contributed by atoms with Crippen LogP contribution >= 0.6 is 0 Å². The predicted molar refractivity (Wildman–Crippen MR) is 74.2 cm³/mol. The molecule has 2 aromatic rings. The van der Waals surface area contributed by atoms with Crippen molar-refractivity contribution in [1.82, 2.24) is 0 Å². The first-order valence-corrected chi connectivity index (χ1v) is 6.34. The fourth-order valence-electron chi connectivity index (χ4n) is 2.00. The molecule has 2 nitrogen and oxygen atoms in total. The molecule has 2 rings (SSSR count). The first-order chi connectivity index (χ1) is 9.54. The number of hydrogen-bond acceptors (Lipinski definition) is 2. The summed E-state index contributed by atoms with van der Waals surface area (Å²) in [5.41, 5.74) is 7.80. The number of nitrogens with two attached hydrogens (primary N) is 1. The Kier molecular flexibility index (Phi) is 4.45. The van der Waals surface area contributed by atoms with E-state index in [4.69, 9.17) is 5.73 Å². The van der Waals surface area contributed by atoms with E-state index in [2.05, 4.69) is 0 Å². The minimum atomic E-state index is -0.925. The van der Waals surface area contributed by atoms with Gasteiger partial charge in [0.2, 0.25) is 0 Å². The summed E-state index contributed by atoms with van der Waals surface area (Å²) in [6, 6.07) is 10.9. The van der Waals surface area contributed by atoms with Crippen molar-refractivity contribution in [2.45, 2.75) is 19.3 Å². The highest BCUT2D eigenvalue weighted by Gasteiger charge is 2.08. The second-order valence-corrected chi connectivity index (χ2v) is 4.71. The van der Waals surface area contributed by atoms with Gasteiger partial charge in [-0.2, -0.15) is 0 Å². The number of rotatable bonds is 5. The second-order valence-electron chi connectivity index (χ2n) is 4.71. The van der Waals surface area contributed by atoms with Gasteiger partial charge in [0, 0.05) is 18.5 Å². The quantitative estimate of drug-likeness (QED) is 0.851. The molecular formula is C16H15F2NO. The first kappa shape index (κ1) is 14.2. The highest BCUT2D eigenvalue weighted by atomic mass is 19.2. The molecule has 2 N–H and O–H groups in total. The number of aryl methyl sites for hydroxylation is 1. The smallest absolute Gasteiger partial charge is 0.159 e. The molecule has 2 aromatic carbocycles. The van der Waals surface area contributed by atoms with Gasteiger partial charge in [0.15, 0.2) is 11.6 Å². The number of carbonyl (C=O) groups excluding carboxylic acids is 1. The zero-order valence-corrected chi connectivity index (χ0v) is 10.9. The molecule has 0 bridgehead atoms. The molecule has 104 valence electrons. The Morgan fingerprint density at radius 2 is 1.80 bits per heavy atom. The molecule has 0 heterocycles. The minimum absolute atomic E-state index is 0.0153. The Balaban J connectivity index is 1.91. The zero-order valence-electron chi connectivity index (χ0n) is 10.9. The SMILES string of the molecule is Nc1cccc(CCC(=O)Cc2ccc(F)c(F)c2)c1. The summed E-state index contributed by atoms with van der Waals surface area (Å²) >= 11 is 0. The van der Waals surface area contributed by atoms with Gasteiger partial charge in [0.05, 0.1) is 0 Å². The summed E-state index contributed by atoms with van der Waals surface area (Å²) in [5.74, 6) is -1.84. The Morgan fingerprint density at radius 1 is 1.00 bits per heavy atom. The third-order valence-corrected chi connectivity index (χ3v) is 3.03. The molecule has 0 spiro atoms. The zero-order chi connectivity index (χ0) is 14.5. The third-order valence-electron chi connectivity index (χ3n) is 3.03. The fourth-order valence-corrected chi connectivity index (χ4v) is 2.00. The van der Waals surface area contributed by atoms with Crippen LogP contribution in [-0.2, 0) is 17.6 Å². The van der Waals surface area contributed by atoms with Crippen molar-refractivity contribution in [3.05, 3.63) is 65.2 Å². The highest BCUT2D eigenvalue weighted by molar-refractivity contribution is 5.81. The number of benzene rings is 2. The van der Waals surface area contributed by atoms with Crippen LogP contribution in [0.15, 0.2) is 42.5 Å². The van der Waals surface area contributed by atoms with E-state index in [-0.39, 0.29) is 12.2 Å². The van der Waals surface area contributed by atoms with Gasteiger partial charge >= 0.3 is 0 Å². The van der Waals surface area contributed by atoms with E-state index in [0.29, 0.717) is 24.1 Å². The molecule has 0 aliphatic heterocycles. The average Bonchev–Trinajstić information content (AvgIpc) is 2.41. The van der Waals surface area contributed by atoms with Crippen molar-refractivity contribution in [3.8, 4) is 0 Å². The normalized spacial score (nSPS) is 10.5. The Morgan fingerprint density at radius 3 is 2.50 bits per heavy atom. The molecule has 0 fully saturated rings. The summed E-state index contributed by atoms with van der Waals surface area (Å²) in [4.78, 5) is 11.8. The van der Waals surface area contributed by atoms with Gasteiger partial charge in [-0.05, 0) is 41.8 Å². The lowest BCUT2D eigenvalue weighted by Crippen LogP contribution is -2.05. The molecule has 0 aliphatic rings. The van der Waals surface area contributed by atoms with E-state index in [1.807, 2.05) is 18.2 Å². The lowest BCUT2D eigenvalue weighted by Gasteiger charge is -2.04. The van der Waals surface area contributed by atoms with Crippen molar-refractivity contribution in [1.29, 1.82) is 0 Å². The lowest BCUT2D eigenvalue weighted by molar-refractivity contribution is -0.118. The number of hydrogen-bond donors (Lipinski definition) is 1. The maximum atomic E-state index is 13.0. The standard InChI is InChI=1S/C16H15F2NO/c17-15-7-5-12(10-16(15)18)9-14(20)6-4-11-2-1-3-13(19)8-11/h1-3,5,7-8,10H,4,6,9,19H2. The van der Waals surface area contributed by atoms with Gasteiger partial charge in [0.25, 0.3) is 0 Å². The van der Waals surface area contributed by atoms with Crippen molar-refractivity contribution in [3.63, 3.8) is 0 Å². The van der Waals surface area contributed by atoms with Crippen LogP contribution in [0.5, 0.6) is 0 Å². The Labute approximate surface area is 116 Å². The number of ketones is 1. The van der Waals surface area contributed by atoms with Crippen molar-refractivity contribution in [2.24, 2.45) is 0 Å². The molecule has 0 saturated heterocycles. The summed E-state index contributed by atoms with van der Waals surface area (Å²) in [5, 5.41) is 0. The number of nitrogen functional groups attached to an aromatic ring is 1. The largest absolute Gasteiger partial charge is 0.399 e. The van der Waals surface area contributed by atoms with Gasteiger partial charge < -0.3 is 5.73 Å². The molecule has 0 aliphatic carbocycles. The Hall–Kier alpha value is -2.23. The third kappa shape index (κ3) is 3.88. The van der Waals surface area contributed by atoms with Crippen LogP contribution in [0.25, 0.3) is 0 Å². The second kappa shape index (κ2) is 6.28. The molecule has 0 unspecified atom stereocenters. The Bertz CT molecular complexity index is 626. The van der Waals surface area contributed by atoms with E-state index in [9.17, 15) is 13.6 Å².